The molecule has 1 heterocycles. The van der Waals surface area contributed by atoms with E-state index in [1.54, 1.807) is 17.0 Å². The van der Waals surface area contributed by atoms with Crippen molar-refractivity contribution in [1.82, 2.24) is 0 Å². The van der Waals surface area contributed by atoms with Gasteiger partial charge in [-0.3, -0.25) is 4.79 Å². The number of hydrogen-bond donors (Lipinski definition) is 1. The number of rotatable bonds is 4. The van der Waals surface area contributed by atoms with Crippen LogP contribution in [0, 0.1) is 0 Å². The van der Waals surface area contributed by atoms with Crippen LogP contribution in [0.4, 0.5) is 5.69 Å². The van der Waals surface area contributed by atoms with Crippen molar-refractivity contribution in [3.63, 3.8) is 0 Å². The Morgan fingerprint density at radius 3 is 3.12 bits per heavy atom. The highest BCUT2D eigenvalue weighted by Gasteiger charge is 2.26. The number of carbonyl (C=O) groups excluding carboxylic acids is 1. The van der Waals surface area contributed by atoms with Gasteiger partial charge < -0.3 is 19.5 Å². The number of phenols is 1. The van der Waals surface area contributed by atoms with Gasteiger partial charge in [-0.1, -0.05) is 6.07 Å². The maximum absolute atomic E-state index is 11.7. The van der Waals surface area contributed by atoms with Gasteiger partial charge in [0.15, 0.2) is 18.1 Å². The molecule has 1 N–H and O–H groups in total. The number of anilines is 1. The van der Waals surface area contributed by atoms with Crippen molar-refractivity contribution in [3.8, 4) is 11.5 Å². The molecule has 1 unspecified atom stereocenters. The molecule has 1 atom stereocenters. The summed E-state index contributed by atoms with van der Waals surface area (Å²) in [6, 6.07) is 4.96. The number of amides is 1. The Bertz CT molecular complexity index is 424. The summed E-state index contributed by atoms with van der Waals surface area (Å²) in [5, 5.41) is 9.63. The van der Waals surface area contributed by atoms with Gasteiger partial charge in [0.2, 0.25) is 0 Å². The van der Waals surface area contributed by atoms with E-state index in [-0.39, 0.29) is 18.3 Å². The minimum atomic E-state index is -0.129. The van der Waals surface area contributed by atoms with Gasteiger partial charge in [-0.2, -0.15) is 0 Å². The Balaban J connectivity index is 2.21. The monoisotopic (exact) mass is 255 g/mol. The van der Waals surface area contributed by atoms with E-state index >= 15 is 0 Å². The molecular weight excluding hydrogens is 241 g/mol. The fourth-order valence-corrected chi connectivity index (χ4v) is 1.87. The Hall–Kier alpha value is -1.32. The van der Waals surface area contributed by atoms with Gasteiger partial charge in [0.1, 0.15) is 0 Å². The van der Waals surface area contributed by atoms with Gasteiger partial charge in [-0.05, 0) is 12.1 Å². The number of phenolic OH excluding ortho intramolecular Hbond substituents is 1. The van der Waals surface area contributed by atoms with E-state index in [2.05, 4.69) is 9.24 Å². The van der Waals surface area contributed by atoms with E-state index in [1.807, 2.05) is 0 Å². The lowest BCUT2D eigenvalue weighted by Gasteiger charge is -2.29. The molecule has 1 aliphatic heterocycles. The van der Waals surface area contributed by atoms with Gasteiger partial charge in [-0.25, -0.2) is 0 Å². The molecule has 0 spiro atoms. The van der Waals surface area contributed by atoms with Crippen molar-refractivity contribution >= 4 is 20.8 Å². The number of aromatic hydroxyl groups is 1. The predicted molar refractivity (Wildman–Crippen MR) is 66.5 cm³/mol. The van der Waals surface area contributed by atoms with Crippen molar-refractivity contribution in [2.75, 3.05) is 31.0 Å². The highest BCUT2D eigenvalue weighted by molar-refractivity contribution is 7.16. The summed E-state index contributed by atoms with van der Waals surface area (Å²) < 4.78 is 10.4. The summed E-state index contributed by atoms with van der Waals surface area (Å²) in [4.78, 5) is 13.3. The van der Waals surface area contributed by atoms with Gasteiger partial charge in [0.05, 0.1) is 18.6 Å². The first-order valence-electron chi connectivity index (χ1n) is 5.27. The third kappa shape index (κ3) is 2.51. The summed E-state index contributed by atoms with van der Waals surface area (Å²) in [7, 11) is 2.45. The number of benzene rings is 1. The molecule has 2 rings (SSSR count). The third-order valence-electron chi connectivity index (χ3n) is 2.48. The SMILES string of the molecule is O=C1COc2c(O)cccc2N1CCOCP. The van der Waals surface area contributed by atoms with Crippen molar-refractivity contribution in [2.24, 2.45) is 0 Å². The molecule has 1 amide bonds. The largest absolute Gasteiger partial charge is 0.504 e. The van der Waals surface area contributed by atoms with E-state index < -0.39 is 0 Å². The number of nitrogens with zero attached hydrogens (tertiary/aromatic N) is 1. The number of para-hydroxylation sites is 1. The topological polar surface area (TPSA) is 59.0 Å². The molecule has 0 bridgehead atoms. The maximum atomic E-state index is 11.7. The molecule has 1 aliphatic rings. The van der Waals surface area contributed by atoms with Crippen LogP contribution >= 0.6 is 9.24 Å². The molecule has 92 valence electrons. The van der Waals surface area contributed by atoms with Crippen LogP contribution in [0.25, 0.3) is 0 Å². The first-order valence-corrected chi connectivity index (χ1v) is 6.08. The van der Waals surface area contributed by atoms with Crippen LogP contribution in [0.5, 0.6) is 11.5 Å². The highest BCUT2D eigenvalue weighted by atomic mass is 31.0. The van der Waals surface area contributed by atoms with Gasteiger partial charge in [0, 0.05) is 6.54 Å². The van der Waals surface area contributed by atoms with Crippen LogP contribution in [-0.2, 0) is 9.53 Å². The minimum absolute atomic E-state index is 0.0481. The van der Waals surface area contributed by atoms with E-state index in [0.717, 1.165) is 0 Å². The van der Waals surface area contributed by atoms with E-state index in [9.17, 15) is 9.90 Å². The van der Waals surface area contributed by atoms with Crippen molar-refractivity contribution in [2.45, 2.75) is 0 Å². The summed E-state index contributed by atoms with van der Waals surface area (Å²) >= 11 is 0. The number of carbonyl (C=O) groups is 1. The molecule has 0 radical (unpaired) electrons. The average molecular weight is 255 g/mol. The average Bonchev–Trinajstić information content (AvgIpc) is 2.32. The standard InChI is InChI=1S/C11H14NO4P/c13-9-3-1-2-8-11(9)16-6-10(14)12(8)4-5-15-7-17/h1-3,13H,4-7,17H2. The summed E-state index contributed by atoms with van der Waals surface area (Å²) in [6.45, 7) is 0.850. The molecule has 17 heavy (non-hydrogen) atoms. The van der Waals surface area contributed by atoms with Gasteiger partial charge >= 0.3 is 0 Å². The Labute approximate surface area is 102 Å². The fourth-order valence-electron chi connectivity index (χ4n) is 1.70. The summed E-state index contributed by atoms with van der Waals surface area (Å²) in [6.07, 6.45) is 0.533. The molecule has 0 saturated heterocycles. The van der Waals surface area contributed by atoms with Crippen LogP contribution in [0.2, 0.25) is 0 Å². The maximum Gasteiger partial charge on any atom is 0.265 e. The van der Waals surface area contributed by atoms with E-state index in [0.29, 0.717) is 30.9 Å². The lowest BCUT2D eigenvalue weighted by atomic mass is 10.2. The first-order chi connectivity index (χ1) is 8.24. The van der Waals surface area contributed by atoms with Crippen LogP contribution in [0.3, 0.4) is 0 Å². The molecule has 1 aromatic rings. The quantitative estimate of drug-likeness (QED) is 0.643. The second-order valence-electron chi connectivity index (χ2n) is 3.53. The smallest absolute Gasteiger partial charge is 0.265 e. The molecular formula is C11H14NO4P. The number of fused-ring (bicyclic) bond motifs is 1. The van der Waals surface area contributed by atoms with E-state index in [1.165, 1.54) is 6.07 Å². The zero-order chi connectivity index (χ0) is 12.3. The Kier molecular flexibility index (Phi) is 3.82. The van der Waals surface area contributed by atoms with Crippen LogP contribution in [-0.4, -0.2) is 37.1 Å². The normalized spacial score (nSPS) is 14.4. The highest BCUT2D eigenvalue weighted by Crippen LogP contribution is 2.39. The van der Waals surface area contributed by atoms with Crippen LogP contribution < -0.4 is 9.64 Å². The zero-order valence-electron chi connectivity index (χ0n) is 9.26. The second-order valence-corrected chi connectivity index (χ2v) is 3.87. The Morgan fingerprint density at radius 1 is 1.53 bits per heavy atom. The Morgan fingerprint density at radius 2 is 2.35 bits per heavy atom. The molecule has 5 nitrogen and oxygen atoms in total. The molecule has 0 saturated carbocycles. The molecule has 0 aliphatic carbocycles. The van der Waals surface area contributed by atoms with Crippen LogP contribution in [0.1, 0.15) is 0 Å². The minimum Gasteiger partial charge on any atom is -0.504 e. The van der Waals surface area contributed by atoms with Gasteiger partial charge in [-0.15, -0.1) is 9.24 Å². The van der Waals surface area contributed by atoms with Crippen molar-refractivity contribution in [3.05, 3.63) is 18.2 Å². The lowest BCUT2D eigenvalue weighted by Crippen LogP contribution is -2.40. The van der Waals surface area contributed by atoms with Crippen molar-refractivity contribution < 1.29 is 19.4 Å². The fraction of sp³-hybridized carbons (Fsp3) is 0.364. The van der Waals surface area contributed by atoms with Gasteiger partial charge in [0.25, 0.3) is 5.91 Å². The lowest BCUT2D eigenvalue weighted by molar-refractivity contribution is -0.121. The number of ether oxygens (including phenoxy) is 2. The summed E-state index contributed by atoms with van der Waals surface area (Å²) in [5.74, 6) is 0.278. The molecule has 1 aromatic carbocycles. The second kappa shape index (κ2) is 5.34. The molecule has 6 heteroatoms. The van der Waals surface area contributed by atoms with Crippen molar-refractivity contribution in [1.29, 1.82) is 0 Å². The number of hydrogen-bond acceptors (Lipinski definition) is 4. The van der Waals surface area contributed by atoms with Crippen LogP contribution in [0.15, 0.2) is 18.2 Å². The molecule has 0 fully saturated rings. The first kappa shape index (κ1) is 12.1. The molecule has 0 aromatic heterocycles. The predicted octanol–water partition coefficient (Wildman–Crippen LogP) is 0.967. The third-order valence-corrected chi connectivity index (χ3v) is 2.72. The van der Waals surface area contributed by atoms with E-state index in [4.69, 9.17) is 9.47 Å². The zero-order valence-corrected chi connectivity index (χ0v) is 10.4. The summed E-state index contributed by atoms with van der Waals surface area (Å²) in [5.41, 5.74) is 0.591.